The standard InChI is InChI=1S/C16H14BrN3O4/c17-11-7-13-14(24-5-4-23-13)8-12(11)20-15(21)9-2-1-3-10(6-9)19-16(18)22/h1-3,6-8H,4-5H2,(H,20,21)(H3,18,19,22). The van der Waals surface area contributed by atoms with E-state index < -0.39 is 6.03 Å². The third-order valence-electron chi connectivity index (χ3n) is 3.27. The number of benzene rings is 2. The molecular weight excluding hydrogens is 378 g/mol. The highest BCUT2D eigenvalue weighted by atomic mass is 79.9. The van der Waals surface area contributed by atoms with E-state index in [0.717, 1.165) is 0 Å². The molecule has 0 fully saturated rings. The van der Waals surface area contributed by atoms with Crippen molar-refractivity contribution in [1.82, 2.24) is 0 Å². The van der Waals surface area contributed by atoms with E-state index in [1.807, 2.05) is 0 Å². The molecule has 1 aliphatic rings. The molecule has 0 aliphatic carbocycles. The number of nitrogens with two attached hydrogens (primary N) is 1. The summed E-state index contributed by atoms with van der Waals surface area (Å²) in [5.74, 6) is 0.864. The van der Waals surface area contributed by atoms with E-state index in [4.69, 9.17) is 15.2 Å². The number of halogens is 1. The van der Waals surface area contributed by atoms with Crippen LogP contribution in [0, 0.1) is 0 Å². The van der Waals surface area contributed by atoms with Gasteiger partial charge in [-0.1, -0.05) is 6.07 Å². The molecular formula is C16H14BrN3O4. The summed E-state index contributed by atoms with van der Waals surface area (Å²) >= 11 is 3.40. The number of carbonyl (C=O) groups excluding carboxylic acids is 2. The summed E-state index contributed by atoms with van der Waals surface area (Å²) < 4.78 is 11.7. The molecule has 1 aliphatic heterocycles. The van der Waals surface area contributed by atoms with Crippen LogP contribution in [-0.4, -0.2) is 25.2 Å². The lowest BCUT2D eigenvalue weighted by Crippen LogP contribution is -2.20. The smallest absolute Gasteiger partial charge is 0.316 e. The highest BCUT2D eigenvalue weighted by Crippen LogP contribution is 2.38. The summed E-state index contributed by atoms with van der Waals surface area (Å²) in [7, 11) is 0. The molecule has 0 saturated heterocycles. The Hall–Kier alpha value is -2.74. The van der Waals surface area contributed by atoms with Gasteiger partial charge in [0.1, 0.15) is 13.2 Å². The van der Waals surface area contributed by atoms with Gasteiger partial charge in [0, 0.05) is 27.9 Å². The second-order valence-electron chi connectivity index (χ2n) is 5.00. The van der Waals surface area contributed by atoms with Crippen LogP contribution in [0.5, 0.6) is 11.5 Å². The summed E-state index contributed by atoms with van der Waals surface area (Å²) in [6.07, 6.45) is 0. The summed E-state index contributed by atoms with van der Waals surface area (Å²) in [6, 6.07) is 9.21. The van der Waals surface area contributed by atoms with Crippen molar-refractivity contribution >= 4 is 39.2 Å². The number of primary amides is 1. The first kappa shape index (κ1) is 16.1. The topological polar surface area (TPSA) is 103 Å². The van der Waals surface area contributed by atoms with Crippen LogP contribution in [0.4, 0.5) is 16.2 Å². The summed E-state index contributed by atoms with van der Waals surface area (Å²) in [4.78, 5) is 23.3. The number of nitrogens with one attached hydrogen (secondary N) is 2. The van der Waals surface area contributed by atoms with Gasteiger partial charge < -0.3 is 25.8 Å². The molecule has 124 valence electrons. The third-order valence-corrected chi connectivity index (χ3v) is 3.93. The number of rotatable bonds is 3. The van der Waals surface area contributed by atoms with Gasteiger partial charge in [0.05, 0.1) is 5.69 Å². The van der Waals surface area contributed by atoms with Gasteiger partial charge in [-0.25, -0.2) is 4.79 Å². The predicted octanol–water partition coefficient (Wildman–Crippen LogP) is 2.96. The fourth-order valence-corrected chi connectivity index (χ4v) is 2.66. The number of hydrogen-bond acceptors (Lipinski definition) is 4. The van der Waals surface area contributed by atoms with Gasteiger partial charge in [-0.15, -0.1) is 0 Å². The summed E-state index contributed by atoms with van der Waals surface area (Å²) in [5, 5.41) is 5.22. The van der Waals surface area contributed by atoms with Crippen LogP contribution in [0.15, 0.2) is 40.9 Å². The lowest BCUT2D eigenvalue weighted by Gasteiger charge is -2.20. The van der Waals surface area contributed by atoms with Crippen molar-refractivity contribution in [1.29, 1.82) is 0 Å². The Labute approximate surface area is 146 Å². The SMILES string of the molecule is NC(=O)Nc1cccc(C(=O)Nc2cc3c(cc2Br)OCCO3)c1. The molecule has 0 radical (unpaired) electrons. The van der Waals surface area contributed by atoms with Crippen LogP contribution in [0.3, 0.4) is 0 Å². The number of urea groups is 1. The Kier molecular flexibility index (Phi) is 4.57. The number of hydrogen-bond donors (Lipinski definition) is 3. The van der Waals surface area contributed by atoms with Crippen molar-refractivity contribution in [2.75, 3.05) is 23.8 Å². The van der Waals surface area contributed by atoms with Crippen LogP contribution in [-0.2, 0) is 0 Å². The zero-order valence-corrected chi connectivity index (χ0v) is 14.1. The van der Waals surface area contributed by atoms with E-state index >= 15 is 0 Å². The van der Waals surface area contributed by atoms with Crippen LogP contribution >= 0.6 is 15.9 Å². The molecule has 0 bridgehead atoms. The molecule has 24 heavy (non-hydrogen) atoms. The molecule has 3 amide bonds. The van der Waals surface area contributed by atoms with E-state index in [1.54, 1.807) is 30.3 Å². The fraction of sp³-hybridized carbons (Fsp3) is 0.125. The van der Waals surface area contributed by atoms with Crippen LogP contribution in [0.1, 0.15) is 10.4 Å². The zero-order valence-electron chi connectivity index (χ0n) is 12.5. The van der Waals surface area contributed by atoms with Crippen molar-refractivity contribution in [3.8, 4) is 11.5 Å². The normalized spacial score (nSPS) is 12.4. The largest absolute Gasteiger partial charge is 0.486 e. The molecule has 0 spiro atoms. The average molecular weight is 392 g/mol. The summed E-state index contributed by atoms with van der Waals surface area (Å²) in [6.45, 7) is 0.952. The molecule has 8 heteroatoms. The highest BCUT2D eigenvalue weighted by Gasteiger charge is 2.17. The van der Waals surface area contributed by atoms with Gasteiger partial charge in [0.25, 0.3) is 5.91 Å². The minimum Gasteiger partial charge on any atom is -0.486 e. The molecule has 4 N–H and O–H groups in total. The maximum atomic E-state index is 12.4. The quantitative estimate of drug-likeness (QED) is 0.747. The van der Waals surface area contributed by atoms with Gasteiger partial charge in [-0.05, 0) is 34.1 Å². The fourth-order valence-electron chi connectivity index (χ4n) is 2.23. The number of fused-ring (bicyclic) bond motifs is 1. The first-order valence-electron chi connectivity index (χ1n) is 7.10. The zero-order chi connectivity index (χ0) is 17.1. The molecule has 0 aromatic heterocycles. The predicted molar refractivity (Wildman–Crippen MR) is 92.7 cm³/mol. The van der Waals surface area contributed by atoms with Gasteiger partial charge in [0.15, 0.2) is 11.5 Å². The summed E-state index contributed by atoms with van der Waals surface area (Å²) in [5.41, 5.74) is 6.45. The number of anilines is 2. The molecule has 7 nitrogen and oxygen atoms in total. The van der Waals surface area contributed by atoms with Gasteiger partial charge in [-0.2, -0.15) is 0 Å². The molecule has 0 unspecified atom stereocenters. The Balaban J connectivity index is 1.81. The van der Waals surface area contributed by atoms with Crippen LogP contribution in [0.25, 0.3) is 0 Å². The lowest BCUT2D eigenvalue weighted by atomic mass is 10.1. The van der Waals surface area contributed by atoms with Crippen LogP contribution in [0.2, 0.25) is 0 Å². The molecule has 3 rings (SSSR count). The number of carbonyl (C=O) groups is 2. The van der Waals surface area contributed by atoms with Gasteiger partial charge >= 0.3 is 6.03 Å². The van der Waals surface area contributed by atoms with Crippen LogP contribution < -0.4 is 25.8 Å². The molecule has 2 aromatic carbocycles. The monoisotopic (exact) mass is 391 g/mol. The molecule has 0 atom stereocenters. The second-order valence-corrected chi connectivity index (χ2v) is 5.85. The minimum atomic E-state index is -0.692. The van der Waals surface area contributed by atoms with Crippen molar-refractivity contribution < 1.29 is 19.1 Å². The van der Waals surface area contributed by atoms with E-state index in [-0.39, 0.29) is 5.91 Å². The van der Waals surface area contributed by atoms with E-state index in [9.17, 15) is 9.59 Å². The van der Waals surface area contributed by atoms with Gasteiger partial charge in [-0.3, -0.25) is 4.79 Å². The average Bonchev–Trinajstić information content (AvgIpc) is 2.55. The minimum absolute atomic E-state index is 0.333. The Bertz CT molecular complexity index is 810. The third kappa shape index (κ3) is 3.60. The Morgan fingerprint density at radius 1 is 1.04 bits per heavy atom. The van der Waals surface area contributed by atoms with Crippen molar-refractivity contribution in [3.63, 3.8) is 0 Å². The maximum absolute atomic E-state index is 12.4. The lowest BCUT2D eigenvalue weighted by molar-refractivity contribution is 0.102. The molecule has 1 heterocycles. The van der Waals surface area contributed by atoms with Crippen molar-refractivity contribution in [3.05, 3.63) is 46.4 Å². The first-order chi connectivity index (χ1) is 11.5. The van der Waals surface area contributed by atoms with E-state index in [1.165, 1.54) is 6.07 Å². The second kappa shape index (κ2) is 6.79. The maximum Gasteiger partial charge on any atom is 0.316 e. The highest BCUT2D eigenvalue weighted by molar-refractivity contribution is 9.10. The Morgan fingerprint density at radius 3 is 2.46 bits per heavy atom. The molecule has 2 aromatic rings. The number of ether oxygens (including phenoxy) is 2. The first-order valence-corrected chi connectivity index (χ1v) is 7.89. The van der Waals surface area contributed by atoms with E-state index in [2.05, 4.69) is 26.6 Å². The molecule has 0 saturated carbocycles. The van der Waals surface area contributed by atoms with Crippen molar-refractivity contribution in [2.24, 2.45) is 5.73 Å². The van der Waals surface area contributed by atoms with Gasteiger partial charge in [0.2, 0.25) is 0 Å². The number of amides is 3. The van der Waals surface area contributed by atoms with Crippen molar-refractivity contribution in [2.45, 2.75) is 0 Å². The Morgan fingerprint density at radius 2 is 1.75 bits per heavy atom. The van der Waals surface area contributed by atoms with E-state index in [0.29, 0.717) is 46.1 Å².